The fourth-order valence-electron chi connectivity index (χ4n) is 6.81. The van der Waals surface area contributed by atoms with Crippen LogP contribution in [0.15, 0.2) is 97.6 Å². The molecule has 4 N–H and O–H groups in total. The van der Waals surface area contributed by atoms with Gasteiger partial charge in [-0.25, -0.2) is 0 Å². The Hall–Kier alpha value is -7.92. The lowest BCUT2D eigenvalue weighted by Gasteiger charge is -2.17. The van der Waals surface area contributed by atoms with Gasteiger partial charge in [0, 0.05) is 112 Å². The zero-order chi connectivity index (χ0) is 46.7. The number of amides is 2. The van der Waals surface area contributed by atoms with Crippen LogP contribution in [0, 0.1) is 36.5 Å². The molecule has 0 saturated carbocycles. The van der Waals surface area contributed by atoms with E-state index in [0.717, 1.165) is 55.6 Å². The lowest BCUT2D eigenvalue weighted by atomic mass is 9.92. The first kappa shape index (κ1) is 47.6. The summed E-state index contributed by atoms with van der Waals surface area (Å²) >= 11 is 0. The van der Waals surface area contributed by atoms with E-state index in [1.54, 1.807) is 36.7 Å². The summed E-state index contributed by atoms with van der Waals surface area (Å²) in [6.45, 7) is 10.9. The highest BCUT2D eigenvalue weighted by atomic mass is 16.5. The molecule has 16 heteroatoms. The van der Waals surface area contributed by atoms with Crippen LogP contribution in [-0.4, -0.2) is 57.9 Å². The molecule has 0 spiro atoms. The summed E-state index contributed by atoms with van der Waals surface area (Å²) in [5.41, 5.74) is 10.1. The van der Waals surface area contributed by atoms with E-state index in [1.165, 1.54) is 26.2 Å². The quantitative estimate of drug-likeness (QED) is 0.0538. The number of ether oxygens (including phenoxy) is 4. The summed E-state index contributed by atoms with van der Waals surface area (Å²) in [5, 5.41) is 30.8. The third-order valence-electron chi connectivity index (χ3n) is 10.3. The minimum Gasteiger partial charge on any atom is -0.473 e. The Morgan fingerprint density at radius 3 is 1.39 bits per heavy atom. The van der Waals surface area contributed by atoms with Gasteiger partial charge >= 0.3 is 0 Å². The molecular formula is C50H52N10O6. The first-order valence-electron chi connectivity index (χ1n) is 21.4. The van der Waals surface area contributed by atoms with Crippen LogP contribution < -0.4 is 40.2 Å². The molecule has 16 nitrogen and oxygen atoms in total. The van der Waals surface area contributed by atoms with Crippen molar-refractivity contribution in [3.63, 3.8) is 0 Å². The van der Waals surface area contributed by atoms with E-state index >= 15 is 0 Å². The van der Waals surface area contributed by atoms with Crippen molar-refractivity contribution in [1.29, 1.82) is 10.5 Å². The number of benzene rings is 2. The molecule has 0 aliphatic carbocycles. The van der Waals surface area contributed by atoms with Gasteiger partial charge in [-0.2, -0.15) is 20.5 Å². The number of aromatic nitrogens is 4. The van der Waals surface area contributed by atoms with E-state index in [-0.39, 0.29) is 38.2 Å². The number of hydrogen-bond donors (Lipinski definition) is 4. The van der Waals surface area contributed by atoms with Crippen molar-refractivity contribution in [2.45, 2.75) is 67.2 Å². The maximum atomic E-state index is 11.3. The number of nitrogens with zero attached hydrogens (tertiary/aromatic N) is 6. The Balaban J connectivity index is 1.14. The second-order valence-electron chi connectivity index (χ2n) is 15.3. The predicted octanol–water partition coefficient (Wildman–Crippen LogP) is 6.06. The van der Waals surface area contributed by atoms with Crippen molar-refractivity contribution >= 4 is 11.8 Å². The van der Waals surface area contributed by atoms with E-state index in [1.807, 2.05) is 36.4 Å². The SMILES string of the molecule is CC(=O)NCCNCc1ccc(OCc2cccc(-c3cccc(COc4ccc(CNCCNC(C)=O)c(OCc5cncc(C#N)c5)n4)c3C)c2C)nc1OCc1cncc(C#N)c1. The van der Waals surface area contributed by atoms with Gasteiger partial charge in [0.05, 0.1) is 11.1 Å². The molecule has 0 atom stereocenters. The van der Waals surface area contributed by atoms with Crippen molar-refractivity contribution in [1.82, 2.24) is 41.2 Å². The summed E-state index contributed by atoms with van der Waals surface area (Å²) in [5.74, 6) is 1.34. The van der Waals surface area contributed by atoms with Crippen LogP contribution in [-0.2, 0) is 49.1 Å². The molecule has 4 aromatic heterocycles. The van der Waals surface area contributed by atoms with Gasteiger partial charge < -0.3 is 40.2 Å². The molecule has 2 aromatic carbocycles. The van der Waals surface area contributed by atoms with Crippen molar-refractivity contribution < 1.29 is 28.5 Å². The molecule has 6 aromatic rings. The van der Waals surface area contributed by atoms with Gasteiger partial charge in [0.1, 0.15) is 38.6 Å². The highest BCUT2D eigenvalue weighted by Gasteiger charge is 2.15. The summed E-state index contributed by atoms with van der Waals surface area (Å²) in [6, 6.07) is 27.3. The average molecular weight is 889 g/mol. The van der Waals surface area contributed by atoms with Crippen LogP contribution in [0.2, 0.25) is 0 Å². The van der Waals surface area contributed by atoms with Crippen LogP contribution in [0.4, 0.5) is 0 Å². The van der Waals surface area contributed by atoms with Gasteiger partial charge in [0.15, 0.2) is 0 Å². The van der Waals surface area contributed by atoms with Gasteiger partial charge in [-0.1, -0.05) is 36.4 Å². The van der Waals surface area contributed by atoms with Crippen LogP contribution in [0.25, 0.3) is 11.1 Å². The van der Waals surface area contributed by atoms with Crippen LogP contribution >= 0.6 is 0 Å². The Labute approximate surface area is 384 Å². The van der Waals surface area contributed by atoms with Crippen LogP contribution in [0.3, 0.4) is 0 Å². The highest BCUT2D eigenvalue weighted by Crippen LogP contribution is 2.32. The smallest absolute Gasteiger partial charge is 0.221 e. The molecule has 0 aliphatic heterocycles. The minimum absolute atomic E-state index is 0.0940. The second-order valence-corrected chi connectivity index (χ2v) is 15.3. The molecule has 0 aliphatic rings. The maximum absolute atomic E-state index is 11.3. The lowest BCUT2D eigenvalue weighted by Crippen LogP contribution is -2.30. The monoisotopic (exact) mass is 888 g/mol. The molecule has 0 radical (unpaired) electrons. The lowest BCUT2D eigenvalue weighted by molar-refractivity contribution is -0.119. The fraction of sp³-hybridized carbons (Fsp3) is 0.280. The third kappa shape index (κ3) is 14.0. The van der Waals surface area contributed by atoms with Gasteiger partial charge in [-0.3, -0.25) is 19.6 Å². The largest absolute Gasteiger partial charge is 0.473 e. The van der Waals surface area contributed by atoms with E-state index in [9.17, 15) is 20.1 Å². The molecule has 2 amide bonds. The molecule has 4 heterocycles. The summed E-state index contributed by atoms with van der Waals surface area (Å²) in [7, 11) is 0. The third-order valence-corrected chi connectivity index (χ3v) is 10.3. The molecule has 6 rings (SSSR count). The minimum atomic E-state index is -0.0940. The van der Waals surface area contributed by atoms with Crippen LogP contribution in [0.5, 0.6) is 23.5 Å². The number of carbonyl (C=O) groups is 2. The van der Waals surface area contributed by atoms with Gasteiger partial charge in [0.25, 0.3) is 0 Å². The molecule has 338 valence electrons. The van der Waals surface area contributed by atoms with Crippen molar-refractivity contribution in [3.05, 3.63) is 153 Å². The number of hydrogen-bond acceptors (Lipinski definition) is 14. The first-order valence-corrected chi connectivity index (χ1v) is 21.4. The summed E-state index contributed by atoms with van der Waals surface area (Å²) in [6.07, 6.45) is 6.29. The number of nitriles is 2. The number of pyridine rings is 4. The van der Waals surface area contributed by atoms with Gasteiger partial charge in [0.2, 0.25) is 35.3 Å². The Kier molecular flexibility index (Phi) is 17.5. The van der Waals surface area contributed by atoms with E-state index in [2.05, 4.69) is 69.4 Å². The van der Waals surface area contributed by atoms with Crippen molar-refractivity contribution in [2.75, 3.05) is 26.2 Å². The first-order chi connectivity index (χ1) is 32.1. The Morgan fingerprint density at radius 2 is 0.985 bits per heavy atom. The van der Waals surface area contributed by atoms with E-state index < -0.39 is 0 Å². The Morgan fingerprint density at radius 1 is 0.545 bits per heavy atom. The Bertz CT molecular complexity index is 2530. The molecular weight excluding hydrogens is 837 g/mol. The highest BCUT2D eigenvalue weighted by molar-refractivity contribution is 5.73. The topological polar surface area (TPSA) is 218 Å². The van der Waals surface area contributed by atoms with Gasteiger partial charge in [-0.05, 0) is 71.5 Å². The van der Waals surface area contributed by atoms with Crippen molar-refractivity contribution in [3.8, 4) is 46.8 Å². The normalized spacial score (nSPS) is 10.6. The van der Waals surface area contributed by atoms with Gasteiger partial charge in [-0.15, -0.1) is 0 Å². The molecule has 66 heavy (non-hydrogen) atoms. The predicted molar refractivity (Wildman–Crippen MR) is 246 cm³/mol. The zero-order valence-electron chi connectivity index (χ0n) is 37.4. The fourth-order valence-corrected chi connectivity index (χ4v) is 6.81. The van der Waals surface area contributed by atoms with E-state index in [0.29, 0.717) is 73.9 Å². The van der Waals surface area contributed by atoms with Crippen LogP contribution in [0.1, 0.15) is 69.5 Å². The molecule has 0 fully saturated rings. The number of nitrogens with one attached hydrogen (secondary N) is 4. The summed E-state index contributed by atoms with van der Waals surface area (Å²) in [4.78, 5) is 40.3. The second kappa shape index (κ2) is 24.2. The molecule has 0 unspecified atom stereocenters. The summed E-state index contributed by atoms with van der Waals surface area (Å²) < 4.78 is 24.9. The molecule has 0 saturated heterocycles. The van der Waals surface area contributed by atoms with E-state index in [4.69, 9.17) is 28.9 Å². The average Bonchev–Trinajstić information content (AvgIpc) is 3.32. The standard InChI is InChI=1S/C50H52N10O6/c1-33-43(31-63-47-13-11-41(27-53-15-17-57-35(3)61)49(59-47)65-29-39-19-37(21-51)23-55-25-39)7-5-9-45(33)46-10-6-8-44(34(46)2)32-64-48-14-12-42(28-54-16-18-58-36(4)62)50(60-48)66-30-40-20-38(22-52)24-56-26-40/h5-14,19-20,23-26,53-54H,15-18,27-32H2,1-4H3,(H,57,61)(H,58,62). The molecule has 0 bridgehead atoms. The number of carbonyl (C=O) groups excluding carboxylic acids is 2. The maximum Gasteiger partial charge on any atom is 0.221 e. The van der Waals surface area contributed by atoms with Crippen molar-refractivity contribution in [2.24, 2.45) is 0 Å². The zero-order valence-corrected chi connectivity index (χ0v) is 37.4. The number of rotatable bonds is 23.